The van der Waals surface area contributed by atoms with E-state index in [9.17, 15) is 4.79 Å². The molecule has 2 aromatic rings. The van der Waals surface area contributed by atoms with Crippen molar-refractivity contribution in [3.63, 3.8) is 0 Å². The van der Waals surface area contributed by atoms with Gasteiger partial charge in [-0.05, 0) is 49.7 Å². The summed E-state index contributed by atoms with van der Waals surface area (Å²) in [5.74, 6) is 1.57. The lowest BCUT2D eigenvalue weighted by atomic mass is 10.2. The molecule has 0 unspecified atom stereocenters. The van der Waals surface area contributed by atoms with E-state index in [2.05, 4.69) is 21.2 Å². The van der Waals surface area contributed by atoms with Crippen LogP contribution >= 0.6 is 15.9 Å². The second-order valence-electron chi connectivity index (χ2n) is 4.71. The molecule has 1 heterocycles. The van der Waals surface area contributed by atoms with Gasteiger partial charge in [0.2, 0.25) is 5.91 Å². The van der Waals surface area contributed by atoms with Gasteiger partial charge in [0.05, 0.1) is 18.9 Å². The Balaban J connectivity index is 1.64. The molecule has 1 amide bonds. The van der Waals surface area contributed by atoms with Gasteiger partial charge < -0.3 is 14.5 Å². The van der Waals surface area contributed by atoms with Gasteiger partial charge in [0.1, 0.15) is 11.5 Å². The zero-order valence-corrected chi connectivity index (χ0v) is 13.4. The molecule has 0 aliphatic carbocycles. The molecule has 21 heavy (non-hydrogen) atoms. The fourth-order valence-electron chi connectivity index (χ4n) is 1.88. The molecule has 5 heteroatoms. The third-order valence-electron chi connectivity index (χ3n) is 2.98. The van der Waals surface area contributed by atoms with E-state index in [0.717, 1.165) is 16.0 Å². The van der Waals surface area contributed by atoms with E-state index in [-0.39, 0.29) is 11.9 Å². The van der Waals surface area contributed by atoms with E-state index in [4.69, 9.17) is 9.15 Å². The van der Waals surface area contributed by atoms with Gasteiger partial charge >= 0.3 is 0 Å². The Labute approximate surface area is 132 Å². The Morgan fingerprint density at radius 1 is 1.33 bits per heavy atom. The number of rotatable bonds is 7. The van der Waals surface area contributed by atoms with Crippen LogP contribution in [0.15, 0.2) is 51.6 Å². The summed E-state index contributed by atoms with van der Waals surface area (Å²) in [6.45, 7) is 2.42. The van der Waals surface area contributed by atoms with E-state index in [1.54, 1.807) is 6.26 Å². The topological polar surface area (TPSA) is 51.5 Å². The number of halogens is 1. The third-order valence-corrected chi connectivity index (χ3v) is 3.51. The van der Waals surface area contributed by atoms with Crippen LogP contribution in [-0.4, -0.2) is 12.5 Å². The summed E-state index contributed by atoms with van der Waals surface area (Å²) >= 11 is 3.37. The van der Waals surface area contributed by atoms with E-state index in [0.29, 0.717) is 19.4 Å². The Hall–Kier alpha value is -1.75. The Bertz CT molecular complexity index is 551. The van der Waals surface area contributed by atoms with E-state index < -0.39 is 0 Å². The molecule has 1 atom stereocenters. The van der Waals surface area contributed by atoms with Gasteiger partial charge in [-0.1, -0.05) is 15.9 Å². The summed E-state index contributed by atoms with van der Waals surface area (Å²) < 4.78 is 11.8. The predicted octanol–water partition coefficient (Wildman–Crippen LogP) is 4.08. The number of nitrogens with one attached hydrogen (secondary N) is 1. The van der Waals surface area contributed by atoms with Crippen LogP contribution in [0.4, 0.5) is 0 Å². The average molecular weight is 352 g/mol. The lowest BCUT2D eigenvalue weighted by Crippen LogP contribution is -2.26. The van der Waals surface area contributed by atoms with Crippen LogP contribution in [0, 0.1) is 0 Å². The Morgan fingerprint density at radius 3 is 2.76 bits per heavy atom. The first-order chi connectivity index (χ1) is 10.1. The Morgan fingerprint density at radius 2 is 2.10 bits per heavy atom. The number of carbonyl (C=O) groups is 1. The smallest absolute Gasteiger partial charge is 0.220 e. The highest BCUT2D eigenvalue weighted by Gasteiger charge is 2.11. The molecule has 0 saturated heterocycles. The maximum absolute atomic E-state index is 11.8. The van der Waals surface area contributed by atoms with Gasteiger partial charge in [-0.15, -0.1) is 0 Å². The van der Waals surface area contributed by atoms with Crippen molar-refractivity contribution in [3.05, 3.63) is 52.9 Å². The van der Waals surface area contributed by atoms with Crippen LogP contribution in [0.3, 0.4) is 0 Å². The van der Waals surface area contributed by atoms with Crippen molar-refractivity contribution in [2.24, 2.45) is 0 Å². The Kier molecular flexibility index (Phi) is 5.87. The molecule has 0 aliphatic heterocycles. The number of benzene rings is 1. The number of carbonyl (C=O) groups excluding carboxylic acids is 1. The lowest BCUT2D eigenvalue weighted by Gasteiger charge is -2.11. The summed E-state index contributed by atoms with van der Waals surface area (Å²) in [6.07, 6.45) is 2.71. The maximum atomic E-state index is 11.8. The molecule has 4 nitrogen and oxygen atoms in total. The molecule has 1 N–H and O–H groups in total. The maximum Gasteiger partial charge on any atom is 0.220 e. The second-order valence-corrected chi connectivity index (χ2v) is 5.63. The molecule has 0 aliphatic rings. The molecule has 0 spiro atoms. The summed E-state index contributed by atoms with van der Waals surface area (Å²) in [7, 11) is 0. The highest BCUT2D eigenvalue weighted by atomic mass is 79.9. The molecule has 0 radical (unpaired) electrons. The molecule has 1 aromatic heterocycles. The number of ether oxygens (including phenoxy) is 1. The average Bonchev–Trinajstić information content (AvgIpc) is 3.00. The standard InChI is InChI=1S/C16H18BrNO3/c1-12(15-4-2-11-21-15)18-16(19)5-3-10-20-14-8-6-13(17)7-9-14/h2,4,6-9,11-12H,3,5,10H2,1H3,(H,18,19)/t12-/m0/s1. The SMILES string of the molecule is C[C@H](NC(=O)CCCOc1ccc(Br)cc1)c1ccco1. The summed E-state index contributed by atoms with van der Waals surface area (Å²) in [5.41, 5.74) is 0. The molecular formula is C16H18BrNO3. The van der Waals surface area contributed by atoms with Gasteiger partial charge in [-0.2, -0.15) is 0 Å². The highest BCUT2D eigenvalue weighted by Crippen LogP contribution is 2.16. The summed E-state index contributed by atoms with van der Waals surface area (Å²) in [6, 6.07) is 11.2. The van der Waals surface area contributed by atoms with Gasteiger partial charge in [0.25, 0.3) is 0 Å². The molecule has 0 fully saturated rings. The van der Waals surface area contributed by atoms with Crippen molar-refractivity contribution in [3.8, 4) is 5.75 Å². The monoisotopic (exact) mass is 351 g/mol. The minimum atomic E-state index is -0.111. The van der Waals surface area contributed by atoms with Crippen LogP contribution < -0.4 is 10.1 Å². The van der Waals surface area contributed by atoms with Crippen LogP contribution in [0.5, 0.6) is 5.75 Å². The lowest BCUT2D eigenvalue weighted by molar-refractivity contribution is -0.122. The minimum absolute atomic E-state index is 0.00157. The fraction of sp³-hybridized carbons (Fsp3) is 0.312. The third kappa shape index (κ3) is 5.27. The normalized spacial score (nSPS) is 11.9. The van der Waals surface area contributed by atoms with Gasteiger partial charge in [0.15, 0.2) is 0 Å². The summed E-state index contributed by atoms with van der Waals surface area (Å²) in [4.78, 5) is 11.8. The number of hydrogen-bond acceptors (Lipinski definition) is 3. The largest absolute Gasteiger partial charge is 0.494 e. The first-order valence-corrected chi connectivity index (χ1v) is 7.65. The van der Waals surface area contributed by atoms with E-state index in [1.165, 1.54) is 0 Å². The zero-order chi connectivity index (χ0) is 15.1. The first kappa shape index (κ1) is 15.6. The van der Waals surface area contributed by atoms with Crippen molar-refractivity contribution in [1.29, 1.82) is 0 Å². The van der Waals surface area contributed by atoms with Crippen LogP contribution in [0.2, 0.25) is 0 Å². The van der Waals surface area contributed by atoms with Gasteiger partial charge in [0, 0.05) is 10.9 Å². The van der Waals surface area contributed by atoms with Crippen LogP contribution in [-0.2, 0) is 4.79 Å². The molecule has 112 valence electrons. The fourth-order valence-corrected chi connectivity index (χ4v) is 2.14. The van der Waals surface area contributed by atoms with E-state index in [1.807, 2.05) is 43.3 Å². The minimum Gasteiger partial charge on any atom is -0.494 e. The van der Waals surface area contributed by atoms with Crippen molar-refractivity contribution in [2.45, 2.75) is 25.8 Å². The quantitative estimate of drug-likeness (QED) is 0.764. The predicted molar refractivity (Wildman–Crippen MR) is 84.1 cm³/mol. The second kappa shape index (κ2) is 7.88. The van der Waals surface area contributed by atoms with E-state index >= 15 is 0 Å². The number of hydrogen-bond donors (Lipinski definition) is 1. The molecule has 1 aromatic carbocycles. The summed E-state index contributed by atoms with van der Waals surface area (Å²) in [5, 5.41) is 2.89. The molecular weight excluding hydrogens is 334 g/mol. The molecule has 0 bridgehead atoms. The zero-order valence-electron chi connectivity index (χ0n) is 11.8. The van der Waals surface area contributed by atoms with Crippen LogP contribution in [0.25, 0.3) is 0 Å². The molecule has 2 rings (SSSR count). The van der Waals surface area contributed by atoms with Crippen molar-refractivity contribution in [2.75, 3.05) is 6.61 Å². The molecule has 0 saturated carbocycles. The van der Waals surface area contributed by atoms with Crippen molar-refractivity contribution in [1.82, 2.24) is 5.32 Å². The number of furan rings is 1. The van der Waals surface area contributed by atoms with Crippen molar-refractivity contribution >= 4 is 21.8 Å². The van der Waals surface area contributed by atoms with Gasteiger partial charge in [-0.3, -0.25) is 4.79 Å². The highest BCUT2D eigenvalue weighted by molar-refractivity contribution is 9.10. The van der Waals surface area contributed by atoms with Crippen LogP contribution in [0.1, 0.15) is 31.6 Å². The first-order valence-electron chi connectivity index (χ1n) is 6.86. The van der Waals surface area contributed by atoms with Crippen molar-refractivity contribution < 1.29 is 13.9 Å². The number of amides is 1. The van der Waals surface area contributed by atoms with Gasteiger partial charge in [-0.25, -0.2) is 0 Å².